The summed E-state index contributed by atoms with van der Waals surface area (Å²) in [6, 6.07) is 0. The van der Waals surface area contributed by atoms with Crippen LogP contribution in [0.15, 0.2) is 0 Å². The number of hydrogen-bond donors (Lipinski definition) is 1. The zero-order chi connectivity index (χ0) is 20.9. The van der Waals surface area contributed by atoms with E-state index >= 15 is 0 Å². The van der Waals surface area contributed by atoms with Crippen LogP contribution in [0.2, 0.25) is 0 Å². The lowest BCUT2D eigenvalue weighted by atomic mass is 9.44. The molecule has 6 fully saturated rings. The van der Waals surface area contributed by atoms with E-state index in [0.717, 1.165) is 49.5 Å². The molecule has 1 N–H and O–H groups in total. The molecule has 170 valence electrons. The molecular weight excluding hydrogens is 372 g/mol. The molecule has 1 spiro atoms. The fourth-order valence-corrected chi connectivity index (χ4v) is 10.3. The highest BCUT2D eigenvalue weighted by Crippen LogP contribution is 2.71. The molecule has 2 aliphatic heterocycles. The molecule has 0 radical (unpaired) electrons. The molecule has 0 unspecified atom stereocenters. The molecule has 6 aliphatic rings. The molecule has 2 heterocycles. The summed E-state index contributed by atoms with van der Waals surface area (Å²) in [5.41, 5.74) is 0.899. The number of ether oxygens (including phenoxy) is 2. The minimum absolute atomic E-state index is 0.0389. The summed E-state index contributed by atoms with van der Waals surface area (Å²) >= 11 is 0. The van der Waals surface area contributed by atoms with Gasteiger partial charge in [-0.25, -0.2) is 0 Å². The molecule has 3 heteroatoms. The third kappa shape index (κ3) is 2.61. The smallest absolute Gasteiger partial charge is 0.171 e. The molecule has 4 saturated carbocycles. The number of aliphatic hydroxyl groups is 1. The van der Waals surface area contributed by atoms with Gasteiger partial charge in [0.15, 0.2) is 5.79 Å². The van der Waals surface area contributed by atoms with Crippen molar-refractivity contribution in [3.8, 4) is 0 Å². The average molecular weight is 417 g/mol. The van der Waals surface area contributed by atoms with Crippen LogP contribution in [-0.4, -0.2) is 29.7 Å². The Balaban J connectivity index is 1.26. The number of rotatable bonds is 0. The normalized spacial score (nSPS) is 62.5. The topological polar surface area (TPSA) is 38.7 Å². The maximum absolute atomic E-state index is 10.3. The zero-order valence-corrected chi connectivity index (χ0v) is 19.7. The number of fused-ring (bicyclic) bond motifs is 7. The quantitative estimate of drug-likeness (QED) is 0.543. The molecule has 4 aliphatic carbocycles. The first-order chi connectivity index (χ1) is 14.3. The molecule has 6 rings (SSSR count). The van der Waals surface area contributed by atoms with Crippen LogP contribution in [0.4, 0.5) is 0 Å². The van der Waals surface area contributed by atoms with Gasteiger partial charge in [0.25, 0.3) is 0 Å². The summed E-state index contributed by atoms with van der Waals surface area (Å²) in [5, 5.41) is 10.3. The zero-order valence-electron chi connectivity index (χ0n) is 19.7. The van der Waals surface area contributed by atoms with Crippen LogP contribution in [0.5, 0.6) is 0 Å². The third-order valence-corrected chi connectivity index (χ3v) is 11.9. The standard InChI is InChI=1S/C27H44O3/c1-16-7-12-27(29-15-16)17(2)24-23(30-27)14-22-20-6-5-18-13-19(28)8-10-25(18,3)21(20)9-11-26(22,24)4/h16-24,28H,5-15H2,1-4H3/t16-,17-,18-,19+,20+,21+,22+,23+,24-,25+,26-,27-/m1/s1. The minimum Gasteiger partial charge on any atom is -0.393 e. The van der Waals surface area contributed by atoms with Crippen LogP contribution in [0.25, 0.3) is 0 Å². The molecule has 0 aromatic heterocycles. The van der Waals surface area contributed by atoms with Crippen molar-refractivity contribution in [3.63, 3.8) is 0 Å². The van der Waals surface area contributed by atoms with Crippen molar-refractivity contribution < 1.29 is 14.6 Å². The van der Waals surface area contributed by atoms with Gasteiger partial charge in [0.05, 0.1) is 18.8 Å². The Hall–Kier alpha value is -0.120. The highest BCUT2D eigenvalue weighted by molar-refractivity contribution is 5.15. The summed E-state index contributed by atoms with van der Waals surface area (Å²) in [6.07, 6.45) is 12.9. The van der Waals surface area contributed by atoms with Gasteiger partial charge in [-0.15, -0.1) is 0 Å². The highest BCUT2D eigenvalue weighted by atomic mass is 16.7. The van der Waals surface area contributed by atoms with Crippen LogP contribution >= 0.6 is 0 Å². The third-order valence-electron chi connectivity index (χ3n) is 11.9. The van der Waals surface area contributed by atoms with Crippen molar-refractivity contribution in [1.29, 1.82) is 0 Å². The van der Waals surface area contributed by atoms with Crippen molar-refractivity contribution in [2.24, 2.45) is 52.3 Å². The van der Waals surface area contributed by atoms with E-state index in [9.17, 15) is 5.11 Å². The lowest BCUT2D eigenvalue weighted by molar-refractivity contribution is -0.273. The van der Waals surface area contributed by atoms with Gasteiger partial charge in [-0.05, 0) is 104 Å². The second-order valence-corrected chi connectivity index (χ2v) is 13.1. The van der Waals surface area contributed by atoms with Crippen LogP contribution in [0, 0.1) is 52.3 Å². The van der Waals surface area contributed by atoms with E-state index in [1.807, 2.05) is 0 Å². The first-order valence-electron chi connectivity index (χ1n) is 13.3. The van der Waals surface area contributed by atoms with Gasteiger partial charge in [-0.3, -0.25) is 0 Å². The van der Waals surface area contributed by atoms with Crippen LogP contribution in [-0.2, 0) is 9.47 Å². The Kier molecular flexibility index (Phi) is 4.58. The first-order valence-corrected chi connectivity index (χ1v) is 13.3. The minimum atomic E-state index is -0.282. The van der Waals surface area contributed by atoms with E-state index in [1.54, 1.807) is 0 Å². The molecule has 0 amide bonds. The summed E-state index contributed by atoms with van der Waals surface area (Å²) in [4.78, 5) is 0. The predicted molar refractivity (Wildman–Crippen MR) is 118 cm³/mol. The fraction of sp³-hybridized carbons (Fsp3) is 1.00. The van der Waals surface area contributed by atoms with E-state index in [2.05, 4.69) is 27.7 Å². The van der Waals surface area contributed by atoms with Gasteiger partial charge in [-0.2, -0.15) is 0 Å². The Morgan fingerprint density at radius 2 is 1.63 bits per heavy atom. The fourth-order valence-electron chi connectivity index (χ4n) is 10.3. The van der Waals surface area contributed by atoms with Gasteiger partial charge in [0.1, 0.15) is 0 Å². The van der Waals surface area contributed by atoms with Gasteiger partial charge < -0.3 is 14.6 Å². The SMILES string of the molecule is C[C@@H]1CC[C@@]2(OC1)O[C@H]1C[C@H]3[C@H]4CC[C@@H]5C[C@@H](O)CC[C@]5(C)[C@H]4CC[C@@]3(C)[C@@H]1[C@H]2C. The molecular formula is C27H44O3. The van der Waals surface area contributed by atoms with E-state index in [-0.39, 0.29) is 11.9 Å². The van der Waals surface area contributed by atoms with Gasteiger partial charge >= 0.3 is 0 Å². The summed E-state index contributed by atoms with van der Waals surface area (Å²) < 4.78 is 13.4. The van der Waals surface area contributed by atoms with E-state index in [4.69, 9.17) is 9.47 Å². The maximum atomic E-state index is 10.3. The van der Waals surface area contributed by atoms with Gasteiger partial charge in [-0.1, -0.05) is 27.7 Å². The molecule has 30 heavy (non-hydrogen) atoms. The molecule has 12 atom stereocenters. The largest absolute Gasteiger partial charge is 0.393 e. The van der Waals surface area contributed by atoms with E-state index < -0.39 is 0 Å². The predicted octanol–water partition coefficient (Wildman–Crippen LogP) is 5.79. The van der Waals surface area contributed by atoms with Crippen molar-refractivity contribution in [2.75, 3.05) is 6.61 Å². The molecule has 0 aromatic rings. The van der Waals surface area contributed by atoms with Gasteiger partial charge in [0.2, 0.25) is 0 Å². The Labute approximate surface area is 183 Å². The second kappa shape index (κ2) is 6.70. The van der Waals surface area contributed by atoms with Crippen LogP contribution in [0.3, 0.4) is 0 Å². The molecule has 2 saturated heterocycles. The Bertz CT molecular complexity index is 684. The monoisotopic (exact) mass is 416 g/mol. The van der Waals surface area contributed by atoms with Crippen molar-refractivity contribution >= 4 is 0 Å². The van der Waals surface area contributed by atoms with Gasteiger partial charge in [0, 0.05) is 12.3 Å². The van der Waals surface area contributed by atoms with Crippen LogP contribution in [0.1, 0.15) is 91.9 Å². The highest BCUT2D eigenvalue weighted by Gasteiger charge is 2.69. The summed E-state index contributed by atoms with van der Waals surface area (Å²) in [5.74, 6) is 4.93. The summed E-state index contributed by atoms with van der Waals surface area (Å²) in [6.45, 7) is 10.9. The molecule has 3 nitrogen and oxygen atoms in total. The lowest BCUT2D eigenvalue weighted by Gasteiger charge is -2.61. The second-order valence-electron chi connectivity index (χ2n) is 13.1. The number of aliphatic hydroxyl groups excluding tert-OH is 1. The van der Waals surface area contributed by atoms with Crippen molar-refractivity contribution in [3.05, 3.63) is 0 Å². The van der Waals surface area contributed by atoms with Crippen molar-refractivity contribution in [1.82, 2.24) is 0 Å². The van der Waals surface area contributed by atoms with Crippen molar-refractivity contribution in [2.45, 2.75) is 110 Å². The molecule has 0 aromatic carbocycles. The lowest BCUT2D eigenvalue weighted by Crippen LogP contribution is -2.55. The average Bonchev–Trinajstić information content (AvgIpc) is 3.16. The van der Waals surface area contributed by atoms with E-state index in [0.29, 0.717) is 34.7 Å². The first kappa shape index (κ1) is 20.5. The Morgan fingerprint density at radius 3 is 2.40 bits per heavy atom. The van der Waals surface area contributed by atoms with E-state index in [1.165, 1.54) is 44.9 Å². The summed E-state index contributed by atoms with van der Waals surface area (Å²) in [7, 11) is 0. The Morgan fingerprint density at radius 1 is 0.833 bits per heavy atom. The number of hydrogen-bond acceptors (Lipinski definition) is 3. The molecule has 0 bridgehead atoms. The maximum Gasteiger partial charge on any atom is 0.171 e. The van der Waals surface area contributed by atoms with Crippen LogP contribution < -0.4 is 0 Å².